The van der Waals surface area contributed by atoms with E-state index in [0.29, 0.717) is 30.4 Å². The fourth-order valence-electron chi connectivity index (χ4n) is 4.34. The van der Waals surface area contributed by atoms with Crippen LogP contribution < -0.4 is 0 Å². The number of Topliss-reactive ketones (excluding diaryl/α,β-unsaturated/α-hetero) is 1. The number of allylic oxidation sites excluding steroid dienone is 3. The van der Waals surface area contributed by atoms with Crippen LogP contribution in [0.4, 0.5) is 0 Å². The molecule has 0 fully saturated rings. The summed E-state index contributed by atoms with van der Waals surface area (Å²) < 4.78 is 5.81. The van der Waals surface area contributed by atoms with E-state index < -0.39 is 6.10 Å². The van der Waals surface area contributed by atoms with Crippen LogP contribution in [0.5, 0.6) is 0 Å². The second-order valence-corrected chi connectivity index (χ2v) is 10.9. The van der Waals surface area contributed by atoms with Gasteiger partial charge in [-0.2, -0.15) is 0 Å². The molecule has 4 nitrogen and oxygen atoms in total. The van der Waals surface area contributed by atoms with Crippen molar-refractivity contribution in [1.82, 2.24) is 0 Å². The Hall–Kier alpha value is -2.11. The Balaban J connectivity index is 1.50. The summed E-state index contributed by atoms with van der Waals surface area (Å²) in [5, 5.41) is 10.4. The quantitative estimate of drug-likeness (QED) is 0.443. The van der Waals surface area contributed by atoms with E-state index in [1.165, 1.54) is 11.8 Å². The van der Waals surface area contributed by atoms with Crippen molar-refractivity contribution in [3.8, 4) is 0 Å². The van der Waals surface area contributed by atoms with Crippen molar-refractivity contribution in [2.75, 3.05) is 6.61 Å². The molecule has 4 unspecified atom stereocenters. The average molecular weight is 469 g/mol. The van der Waals surface area contributed by atoms with Crippen LogP contribution in [0.3, 0.4) is 0 Å². The molecular formula is C28H36O4S. The summed E-state index contributed by atoms with van der Waals surface area (Å²) in [5.41, 5.74) is 1.69. The van der Waals surface area contributed by atoms with Crippen LogP contribution in [0.15, 0.2) is 60.4 Å². The monoisotopic (exact) mass is 468 g/mol. The minimum atomic E-state index is -0.696. The van der Waals surface area contributed by atoms with E-state index in [0.717, 1.165) is 17.6 Å². The van der Waals surface area contributed by atoms with Crippen LogP contribution in [0, 0.1) is 23.7 Å². The van der Waals surface area contributed by atoms with Gasteiger partial charge < -0.3 is 9.84 Å². The maximum Gasteiger partial charge on any atom is 0.220 e. The molecule has 0 bridgehead atoms. The Bertz CT molecular complexity index is 913. The molecule has 1 heterocycles. The van der Waals surface area contributed by atoms with Gasteiger partial charge >= 0.3 is 0 Å². The van der Waals surface area contributed by atoms with E-state index in [1.807, 2.05) is 48.6 Å². The van der Waals surface area contributed by atoms with E-state index in [1.54, 1.807) is 0 Å². The number of benzene rings is 1. The van der Waals surface area contributed by atoms with Crippen molar-refractivity contribution in [1.29, 1.82) is 0 Å². The summed E-state index contributed by atoms with van der Waals surface area (Å²) in [6.07, 6.45) is 8.92. The number of rotatable bonds is 11. The van der Waals surface area contributed by atoms with Gasteiger partial charge in [-0.05, 0) is 42.4 Å². The number of thioether (sulfide) groups is 1. The van der Waals surface area contributed by atoms with Gasteiger partial charge in [-0.25, -0.2) is 0 Å². The number of hydrogen-bond acceptors (Lipinski definition) is 5. The summed E-state index contributed by atoms with van der Waals surface area (Å²) in [4.78, 5) is 25.3. The number of fused-ring (bicyclic) bond motifs is 1. The number of ether oxygens (including phenoxy) is 1. The highest BCUT2D eigenvalue weighted by Crippen LogP contribution is 2.39. The predicted octanol–water partition coefficient (Wildman–Crippen LogP) is 5.83. The van der Waals surface area contributed by atoms with Crippen molar-refractivity contribution in [2.24, 2.45) is 23.7 Å². The van der Waals surface area contributed by atoms with Gasteiger partial charge in [0.25, 0.3) is 0 Å². The zero-order valence-corrected chi connectivity index (χ0v) is 20.9. The van der Waals surface area contributed by atoms with E-state index in [-0.39, 0.29) is 34.6 Å². The minimum Gasteiger partial charge on any atom is -0.491 e. The summed E-state index contributed by atoms with van der Waals surface area (Å²) in [6, 6.07) is 9.74. The van der Waals surface area contributed by atoms with Gasteiger partial charge in [0.2, 0.25) is 5.12 Å². The smallest absolute Gasteiger partial charge is 0.220 e. The molecule has 0 saturated carbocycles. The zero-order valence-electron chi connectivity index (χ0n) is 20.1. The van der Waals surface area contributed by atoms with Crippen LogP contribution in [0.25, 0.3) is 5.57 Å². The standard InChI is InChI=1S/C28H36O4S/c1-18(2)14-24(19(3)4)26(30)13-11-22(29)17-32-23-12-10-21-15-25(20-8-6-5-7-9-20)28(31)33-27(21)16-23/h5-10,12,15-16,18-19,21-22,24,27,29H,11,13-14,17H2,1-4H3. The summed E-state index contributed by atoms with van der Waals surface area (Å²) in [6.45, 7) is 8.59. The van der Waals surface area contributed by atoms with Crippen molar-refractivity contribution in [2.45, 2.75) is 58.3 Å². The normalized spacial score (nSPS) is 22.0. The largest absolute Gasteiger partial charge is 0.491 e. The Kier molecular flexibility index (Phi) is 9.16. The van der Waals surface area contributed by atoms with E-state index in [2.05, 4.69) is 33.8 Å². The molecule has 0 radical (unpaired) electrons. The van der Waals surface area contributed by atoms with E-state index >= 15 is 0 Å². The fourth-order valence-corrected chi connectivity index (χ4v) is 5.42. The average Bonchev–Trinajstić information content (AvgIpc) is 2.79. The first-order chi connectivity index (χ1) is 15.7. The molecule has 178 valence electrons. The molecule has 0 amide bonds. The van der Waals surface area contributed by atoms with E-state index in [4.69, 9.17) is 4.74 Å². The topological polar surface area (TPSA) is 63.6 Å². The third-order valence-electron chi connectivity index (χ3n) is 6.21. The van der Waals surface area contributed by atoms with Crippen molar-refractivity contribution < 1.29 is 19.4 Å². The van der Waals surface area contributed by atoms with Gasteiger partial charge in [0.1, 0.15) is 18.1 Å². The van der Waals surface area contributed by atoms with Crippen LogP contribution in [-0.2, 0) is 14.3 Å². The molecule has 4 atom stereocenters. The summed E-state index contributed by atoms with van der Waals surface area (Å²) >= 11 is 1.31. The highest BCUT2D eigenvalue weighted by molar-refractivity contribution is 8.15. The van der Waals surface area contributed by atoms with Gasteiger partial charge in [-0.15, -0.1) is 0 Å². The molecular weight excluding hydrogens is 432 g/mol. The lowest BCUT2D eigenvalue weighted by molar-refractivity contribution is -0.125. The molecule has 1 aromatic rings. The molecule has 0 saturated heterocycles. The van der Waals surface area contributed by atoms with Crippen LogP contribution in [0.1, 0.15) is 52.5 Å². The third-order valence-corrected chi connectivity index (χ3v) is 7.36. The van der Waals surface area contributed by atoms with Gasteiger partial charge in [-0.3, -0.25) is 9.59 Å². The molecule has 1 aliphatic carbocycles. The number of hydrogen-bond donors (Lipinski definition) is 1. The number of ketones is 1. The number of aliphatic hydroxyl groups is 1. The van der Waals surface area contributed by atoms with Gasteiger partial charge in [-0.1, -0.05) is 81.9 Å². The van der Waals surface area contributed by atoms with Crippen molar-refractivity contribution in [3.05, 3.63) is 66.0 Å². The molecule has 2 aliphatic rings. The molecule has 1 N–H and O–H groups in total. The highest BCUT2D eigenvalue weighted by atomic mass is 32.2. The zero-order chi connectivity index (χ0) is 24.0. The third kappa shape index (κ3) is 7.18. The first-order valence-corrected chi connectivity index (χ1v) is 12.8. The summed E-state index contributed by atoms with van der Waals surface area (Å²) in [7, 11) is 0. The van der Waals surface area contributed by atoms with Crippen LogP contribution in [0.2, 0.25) is 0 Å². The number of carbonyl (C=O) groups is 2. The molecule has 0 aromatic heterocycles. The van der Waals surface area contributed by atoms with Gasteiger partial charge in [0.05, 0.1) is 6.10 Å². The van der Waals surface area contributed by atoms with Crippen molar-refractivity contribution >= 4 is 28.2 Å². The Labute approximate surface area is 202 Å². The van der Waals surface area contributed by atoms with Gasteiger partial charge in [0, 0.05) is 29.1 Å². The van der Waals surface area contributed by atoms with Gasteiger partial charge in [0.15, 0.2) is 0 Å². The Morgan fingerprint density at radius 3 is 2.52 bits per heavy atom. The summed E-state index contributed by atoms with van der Waals surface area (Å²) in [5.74, 6) is 1.87. The highest BCUT2D eigenvalue weighted by Gasteiger charge is 2.31. The minimum absolute atomic E-state index is 0.00786. The molecule has 3 rings (SSSR count). The second-order valence-electron chi connectivity index (χ2n) is 9.77. The van der Waals surface area contributed by atoms with Crippen LogP contribution >= 0.6 is 11.8 Å². The lowest BCUT2D eigenvalue weighted by Crippen LogP contribution is -2.25. The SMILES string of the molecule is CC(C)CC(C(=O)CCC(O)COC1=CC2SC(=O)C(c3ccccc3)=CC2C=C1)C(C)C. The fraction of sp³-hybridized carbons (Fsp3) is 0.500. The van der Waals surface area contributed by atoms with Crippen LogP contribution in [-0.4, -0.2) is 34.0 Å². The predicted molar refractivity (Wildman–Crippen MR) is 136 cm³/mol. The van der Waals surface area contributed by atoms with E-state index in [9.17, 15) is 14.7 Å². The Morgan fingerprint density at radius 1 is 1.12 bits per heavy atom. The lowest BCUT2D eigenvalue weighted by Gasteiger charge is -2.28. The first kappa shape index (κ1) is 25.5. The molecule has 1 aliphatic heterocycles. The molecule has 0 spiro atoms. The van der Waals surface area contributed by atoms with Crippen molar-refractivity contribution in [3.63, 3.8) is 0 Å². The number of carbonyl (C=O) groups excluding carboxylic acids is 2. The maximum absolute atomic E-state index is 12.7. The molecule has 33 heavy (non-hydrogen) atoms. The molecule has 5 heteroatoms. The second kappa shape index (κ2) is 11.8. The lowest BCUT2D eigenvalue weighted by atomic mass is 9.83. The maximum atomic E-state index is 12.7. The Morgan fingerprint density at radius 2 is 1.85 bits per heavy atom. The molecule has 1 aromatic carbocycles. The number of aliphatic hydroxyl groups excluding tert-OH is 1. The first-order valence-electron chi connectivity index (χ1n) is 12.0.